The van der Waals surface area contributed by atoms with Gasteiger partial charge in [-0.25, -0.2) is 4.79 Å². The molecule has 2 heterocycles. The number of carboxylic acids is 1. The quantitative estimate of drug-likeness (QED) is 0.847. The molecule has 1 aliphatic rings. The van der Waals surface area contributed by atoms with E-state index in [-0.39, 0.29) is 11.8 Å². The van der Waals surface area contributed by atoms with Gasteiger partial charge in [-0.2, -0.15) is 0 Å². The van der Waals surface area contributed by atoms with Crippen LogP contribution in [0.25, 0.3) is 0 Å². The number of hydrogen-bond donors (Lipinski definition) is 1. The molecule has 1 aliphatic heterocycles. The Kier molecular flexibility index (Phi) is 2.92. The number of carboxylic acid groups (broad SMARTS) is 1. The first-order valence-electron chi connectivity index (χ1n) is 4.89. The number of furan rings is 1. The third kappa shape index (κ3) is 1.81. The van der Waals surface area contributed by atoms with Crippen molar-refractivity contribution in [3.8, 4) is 12.3 Å². The van der Waals surface area contributed by atoms with E-state index < -0.39 is 5.97 Å². The van der Waals surface area contributed by atoms with Crippen LogP contribution in [0.3, 0.4) is 0 Å². The molecular weight excluding hydrogens is 274 g/mol. The highest BCUT2D eigenvalue weighted by atomic mass is 79.9. The van der Waals surface area contributed by atoms with Crippen LogP contribution >= 0.6 is 15.9 Å². The van der Waals surface area contributed by atoms with Crippen LogP contribution in [0.4, 0.5) is 5.88 Å². The monoisotopic (exact) mass is 283 g/mol. The molecule has 1 atom stereocenters. The van der Waals surface area contributed by atoms with E-state index >= 15 is 0 Å². The lowest BCUT2D eigenvalue weighted by Crippen LogP contribution is -2.27. The Morgan fingerprint density at radius 2 is 2.50 bits per heavy atom. The largest absolute Gasteiger partial charge is 0.475 e. The molecule has 0 bridgehead atoms. The summed E-state index contributed by atoms with van der Waals surface area (Å²) in [6, 6.07) is 1.44. The third-order valence-corrected chi connectivity index (χ3v) is 3.15. The van der Waals surface area contributed by atoms with Gasteiger partial charge in [0.15, 0.2) is 0 Å². The Bertz CT molecular complexity index is 460. The van der Waals surface area contributed by atoms with Gasteiger partial charge in [0.25, 0.3) is 0 Å². The predicted molar refractivity (Wildman–Crippen MR) is 62.6 cm³/mol. The average Bonchev–Trinajstić information content (AvgIpc) is 2.82. The Balaban J connectivity index is 2.33. The first kappa shape index (κ1) is 11.1. The second-order valence-electron chi connectivity index (χ2n) is 3.59. The van der Waals surface area contributed by atoms with Crippen molar-refractivity contribution in [3.05, 3.63) is 16.3 Å². The highest BCUT2D eigenvalue weighted by molar-refractivity contribution is 9.10. The normalized spacial score (nSPS) is 19.8. The Morgan fingerprint density at radius 1 is 1.75 bits per heavy atom. The van der Waals surface area contributed by atoms with E-state index in [0.29, 0.717) is 10.4 Å². The molecule has 1 aromatic heterocycles. The van der Waals surface area contributed by atoms with E-state index in [1.54, 1.807) is 0 Å². The van der Waals surface area contributed by atoms with Crippen LogP contribution in [-0.4, -0.2) is 23.7 Å². The van der Waals surface area contributed by atoms with Gasteiger partial charge in [-0.05, 0) is 28.8 Å². The number of halogens is 1. The molecule has 0 aromatic carbocycles. The van der Waals surface area contributed by atoms with Crippen molar-refractivity contribution in [3.63, 3.8) is 0 Å². The number of anilines is 1. The van der Waals surface area contributed by atoms with Crippen LogP contribution in [0.15, 0.2) is 15.0 Å². The van der Waals surface area contributed by atoms with E-state index in [0.717, 1.165) is 19.4 Å². The third-order valence-electron chi connectivity index (χ3n) is 2.59. The summed E-state index contributed by atoms with van der Waals surface area (Å²) in [4.78, 5) is 12.7. The van der Waals surface area contributed by atoms with Crippen molar-refractivity contribution in [2.45, 2.75) is 18.9 Å². The summed E-state index contributed by atoms with van der Waals surface area (Å²) in [6.07, 6.45) is 7.31. The van der Waals surface area contributed by atoms with Crippen LogP contribution in [0.5, 0.6) is 0 Å². The molecule has 1 saturated heterocycles. The highest BCUT2D eigenvalue weighted by Gasteiger charge is 2.28. The van der Waals surface area contributed by atoms with Crippen LogP contribution in [0.1, 0.15) is 23.4 Å². The molecule has 1 unspecified atom stereocenters. The van der Waals surface area contributed by atoms with E-state index in [1.807, 2.05) is 4.90 Å². The number of carbonyl (C=O) groups is 1. The lowest BCUT2D eigenvalue weighted by molar-refractivity contribution is 0.0663. The van der Waals surface area contributed by atoms with E-state index in [9.17, 15) is 4.79 Å². The zero-order valence-electron chi connectivity index (χ0n) is 8.44. The fourth-order valence-corrected chi connectivity index (χ4v) is 2.36. The van der Waals surface area contributed by atoms with Gasteiger partial charge in [-0.15, -0.1) is 6.42 Å². The summed E-state index contributed by atoms with van der Waals surface area (Å²) in [7, 11) is 0. The molecule has 5 heteroatoms. The number of terminal acetylenes is 1. The first-order valence-corrected chi connectivity index (χ1v) is 5.68. The number of nitrogens with zero attached hydrogens (tertiary/aromatic N) is 1. The summed E-state index contributed by atoms with van der Waals surface area (Å²) >= 11 is 3.28. The number of aromatic carboxylic acids is 1. The molecule has 0 saturated carbocycles. The smallest absolute Gasteiger partial charge is 0.371 e. The number of rotatable bonds is 2. The fourth-order valence-electron chi connectivity index (χ4n) is 1.84. The van der Waals surface area contributed by atoms with Crippen LogP contribution in [-0.2, 0) is 0 Å². The number of hydrogen-bond acceptors (Lipinski definition) is 3. The second kappa shape index (κ2) is 4.22. The molecule has 2 rings (SSSR count). The second-order valence-corrected chi connectivity index (χ2v) is 4.44. The Morgan fingerprint density at radius 3 is 3.06 bits per heavy atom. The zero-order chi connectivity index (χ0) is 11.7. The molecule has 16 heavy (non-hydrogen) atoms. The van der Waals surface area contributed by atoms with Crippen molar-refractivity contribution in [1.29, 1.82) is 0 Å². The minimum absolute atomic E-state index is 0.0101. The minimum atomic E-state index is -1.08. The molecule has 0 radical (unpaired) electrons. The summed E-state index contributed by atoms with van der Waals surface area (Å²) in [5, 5.41) is 8.82. The van der Waals surface area contributed by atoms with Crippen LogP contribution < -0.4 is 4.90 Å². The summed E-state index contributed by atoms with van der Waals surface area (Å²) in [5.74, 6) is 2.03. The van der Waals surface area contributed by atoms with Gasteiger partial charge in [0.2, 0.25) is 11.6 Å². The van der Waals surface area contributed by atoms with Crippen LogP contribution in [0.2, 0.25) is 0 Å². The van der Waals surface area contributed by atoms with E-state index in [1.165, 1.54) is 6.07 Å². The summed E-state index contributed by atoms with van der Waals surface area (Å²) < 4.78 is 5.91. The summed E-state index contributed by atoms with van der Waals surface area (Å²) in [6.45, 7) is 0.792. The topological polar surface area (TPSA) is 53.7 Å². The maximum Gasteiger partial charge on any atom is 0.371 e. The van der Waals surface area contributed by atoms with Gasteiger partial charge < -0.3 is 14.4 Å². The predicted octanol–water partition coefficient (Wildman–Crippen LogP) is 2.34. The van der Waals surface area contributed by atoms with Gasteiger partial charge in [-0.1, -0.05) is 5.92 Å². The van der Waals surface area contributed by atoms with Crippen LogP contribution in [0, 0.1) is 12.3 Å². The van der Waals surface area contributed by atoms with Crippen molar-refractivity contribution in [1.82, 2.24) is 0 Å². The van der Waals surface area contributed by atoms with Crippen molar-refractivity contribution in [2.75, 3.05) is 11.4 Å². The van der Waals surface area contributed by atoms with Gasteiger partial charge >= 0.3 is 5.97 Å². The lowest BCUT2D eigenvalue weighted by Gasteiger charge is -2.19. The lowest BCUT2D eigenvalue weighted by atomic mass is 10.2. The van der Waals surface area contributed by atoms with Crippen molar-refractivity contribution in [2.24, 2.45) is 0 Å². The molecule has 1 aromatic rings. The molecule has 1 N–H and O–H groups in total. The van der Waals surface area contributed by atoms with Gasteiger partial charge in [0.05, 0.1) is 10.5 Å². The standard InChI is InChI=1S/C11H10BrNO3/c1-2-7-4-3-5-13(7)10-8(12)6-9(16-10)11(14)15/h1,6-7H,3-5H2,(H,14,15). The SMILES string of the molecule is C#CC1CCCN1c1oc(C(=O)O)cc1Br. The van der Waals surface area contributed by atoms with Crippen molar-refractivity contribution < 1.29 is 14.3 Å². The molecule has 0 spiro atoms. The first-order chi connectivity index (χ1) is 7.63. The van der Waals surface area contributed by atoms with Gasteiger partial charge in [0.1, 0.15) is 0 Å². The zero-order valence-corrected chi connectivity index (χ0v) is 10.0. The average molecular weight is 284 g/mol. The molecular formula is C11H10BrNO3. The van der Waals surface area contributed by atoms with Gasteiger partial charge in [-0.3, -0.25) is 0 Å². The Labute approximate surface area is 101 Å². The molecule has 0 amide bonds. The summed E-state index contributed by atoms with van der Waals surface area (Å²) in [5.41, 5.74) is 0. The molecule has 84 valence electrons. The van der Waals surface area contributed by atoms with E-state index in [2.05, 4.69) is 21.9 Å². The molecule has 4 nitrogen and oxygen atoms in total. The van der Waals surface area contributed by atoms with E-state index in [4.69, 9.17) is 15.9 Å². The molecule has 1 fully saturated rings. The highest BCUT2D eigenvalue weighted by Crippen LogP contribution is 2.34. The maximum absolute atomic E-state index is 10.8. The van der Waals surface area contributed by atoms with Gasteiger partial charge in [0, 0.05) is 12.6 Å². The minimum Gasteiger partial charge on any atom is -0.475 e. The molecule has 0 aliphatic carbocycles. The Hall–Kier alpha value is -1.41. The van der Waals surface area contributed by atoms with Crippen molar-refractivity contribution >= 4 is 27.8 Å². The fraction of sp³-hybridized carbons (Fsp3) is 0.364. The maximum atomic E-state index is 10.8.